The summed E-state index contributed by atoms with van der Waals surface area (Å²) in [6.45, 7) is 4.75. The monoisotopic (exact) mass is 289 g/mol. The van der Waals surface area contributed by atoms with Crippen molar-refractivity contribution in [3.63, 3.8) is 0 Å². The fourth-order valence-corrected chi connectivity index (χ4v) is 2.01. The topological polar surface area (TPSA) is 68.0 Å². The molecule has 20 heavy (non-hydrogen) atoms. The minimum absolute atomic E-state index is 0.00193. The van der Waals surface area contributed by atoms with Gasteiger partial charge in [-0.25, -0.2) is 4.98 Å². The molecule has 1 amide bonds. The highest BCUT2D eigenvalue weighted by Gasteiger charge is 2.18. The maximum absolute atomic E-state index is 12.2. The average molecular weight is 289 g/mol. The smallest absolute Gasteiger partial charge is 0.270 e. The molecule has 0 aliphatic rings. The number of nitrogens with one attached hydrogen (secondary N) is 1. The molecule has 0 aliphatic heterocycles. The molecule has 106 valence electrons. The van der Waals surface area contributed by atoms with Crippen LogP contribution in [0.2, 0.25) is 0 Å². The summed E-state index contributed by atoms with van der Waals surface area (Å²) in [5.74, 6) is 0.196. The number of nitrogens with zero attached hydrogens (tertiary/aromatic N) is 1. The van der Waals surface area contributed by atoms with Gasteiger partial charge in [-0.2, -0.15) is 11.8 Å². The Morgan fingerprint density at radius 3 is 2.80 bits per heavy atom. The maximum atomic E-state index is 12.2. The van der Waals surface area contributed by atoms with Gasteiger partial charge < -0.3 is 11.1 Å². The van der Waals surface area contributed by atoms with Crippen LogP contribution in [0.1, 0.15) is 24.3 Å². The molecule has 0 saturated carbocycles. The minimum atomic E-state index is -0.190. The molecule has 0 spiro atoms. The quantitative estimate of drug-likeness (QED) is 0.908. The zero-order chi connectivity index (χ0) is 14.8. The van der Waals surface area contributed by atoms with E-state index in [0.29, 0.717) is 18.1 Å². The van der Waals surface area contributed by atoms with Gasteiger partial charge in [0.25, 0.3) is 5.91 Å². The first-order valence-corrected chi connectivity index (χ1v) is 7.64. The zero-order valence-corrected chi connectivity index (χ0v) is 12.8. The van der Waals surface area contributed by atoms with Crippen LogP contribution in [0.5, 0.6) is 0 Å². The van der Waals surface area contributed by atoms with Gasteiger partial charge >= 0.3 is 0 Å². The van der Waals surface area contributed by atoms with Crippen molar-refractivity contribution in [1.29, 1.82) is 0 Å². The van der Waals surface area contributed by atoms with E-state index in [2.05, 4.69) is 24.1 Å². The number of amides is 1. The number of hydrogen-bond acceptors (Lipinski definition) is 4. The number of nitrogens with two attached hydrogens (primary N) is 1. The lowest BCUT2D eigenvalue weighted by Gasteiger charge is -2.22. The van der Waals surface area contributed by atoms with Crippen LogP contribution in [0, 0.1) is 0 Å². The van der Waals surface area contributed by atoms with Crippen LogP contribution in [0.25, 0.3) is 10.8 Å². The Hall–Kier alpha value is -1.75. The van der Waals surface area contributed by atoms with E-state index in [0.717, 1.165) is 10.8 Å². The molecule has 0 unspecified atom stereocenters. The molecule has 0 atom stereocenters. The number of aromatic nitrogens is 1. The molecular weight excluding hydrogens is 270 g/mol. The van der Waals surface area contributed by atoms with Crippen molar-refractivity contribution < 1.29 is 4.79 Å². The maximum Gasteiger partial charge on any atom is 0.270 e. The fourth-order valence-electron chi connectivity index (χ4n) is 1.80. The second-order valence-electron chi connectivity index (χ2n) is 5.26. The van der Waals surface area contributed by atoms with E-state index in [1.165, 1.54) is 0 Å². The third kappa shape index (κ3) is 3.22. The lowest BCUT2D eigenvalue weighted by atomic mass is 10.1. The van der Waals surface area contributed by atoms with Gasteiger partial charge in [0.05, 0.1) is 0 Å². The van der Waals surface area contributed by atoms with Crippen LogP contribution < -0.4 is 11.1 Å². The fraction of sp³-hybridized carbons (Fsp3) is 0.333. The predicted molar refractivity (Wildman–Crippen MR) is 86.1 cm³/mol. The number of fused-ring (bicyclic) bond motifs is 1. The van der Waals surface area contributed by atoms with Crippen LogP contribution in [0.3, 0.4) is 0 Å². The second kappa shape index (κ2) is 5.71. The number of carbonyl (C=O) groups is 1. The molecule has 0 aliphatic carbocycles. The van der Waals surface area contributed by atoms with Gasteiger partial charge in [0.1, 0.15) is 11.5 Å². The lowest BCUT2D eigenvalue weighted by molar-refractivity contribution is 0.0946. The van der Waals surface area contributed by atoms with Crippen LogP contribution >= 0.6 is 11.8 Å². The van der Waals surface area contributed by atoms with Crippen molar-refractivity contribution in [2.24, 2.45) is 0 Å². The minimum Gasteiger partial charge on any atom is -0.383 e. The Morgan fingerprint density at radius 2 is 2.10 bits per heavy atom. The normalized spacial score (nSPS) is 11.6. The van der Waals surface area contributed by atoms with Crippen LogP contribution in [-0.2, 0) is 0 Å². The Morgan fingerprint density at radius 1 is 1.40 bits per heavy atom. The standard InChI is InChI=1S/C15H19N3OS/c1-15(2,20-3)9-17-14(19)12-8-10-6-4-5-7-11(10)13(16)18-12/h4-8H,9H2,1-3H3,(H2,16,18)(H,17,19). The largest absolute Gasteiger partial charge is 0.383 e. The van der Waals surface area contributed by atoms with Crippen molar-refractivity contribution in [1.82, 2.24) is 10.3 Å². The van der Waals surface area contributed by atoms with Gasteiger partial charge in [-0.1, -0.05) is 24.3 Å². The van der Waals surface area contributed by atoms with Crippen molar-refractivity contribution in [2.75, 3.05) is 18.5 Å². The molecule has 1 heterocycles. The van der Waals surface area contributed by atoms with E-state index in [1.807, 2.05) is 30.5 Å². The van der Waals surface area contributed by atoms with E-state index in [9.17, 15) is 4.79 Å². The molecular formula is C15H19N3OS. The summed E-state index contributed by atoms with van der Waals surface area (Å²) in [6, 6.07) is 9.42. The zero-order valence-electron chi connectivity index (χ0n) is 11.9. The van der Waals surface area contributed by atoms with Crippen LogP contribution in [-0.4, -0.2) is 28.4 Å². The van der Waals surface area contributed by atoms with Crippen molar-refractivity contribution in [2.45, 2.75) is 18.6 Å². The summed E-state index contributed by atoms with van der Waals surface area (Å²) >= 11 is 1.71. The highest BCUT2D eigenvalue weighted by molar-refractivity contribution is 7.99. The SMILES string of the molecule is CSC(C)(C)CNC(=O)c1cc2ccccc2c(N)n1. The number of thioether (sulfide) groups is 1. The number of anilines is 1. The molecule has 3 N–H and O–H groups in total. The van der Waals surface area contributed by atoms with E-state index in [1.54, 1.807) is 17.8 Å². The van der Waals surface area contributed by atoms with E-state index >= 15 is 0 Å². The molecule has 4 nitrogen and oxygen atoms in total. The molecule has 1 aromatic heterocycles. The third-order valence-electron chi connectivity index (χ3n) is 3.23. The van der Waals surface area contributed by atoms with Crippen molar-refractivity contribution in [3.05, 3.63) is 36.0 Å². The van der Waals surface area contributed by atoms with Gasteiger partial charge in [0.2, 0.25) is 0 Å². The van der Waals surface area contributed by atoms with Gasteiger partial charge in [-0.3, -0.25) is 4.79 Å². The first-order valence-electron chi connectivity index (χ1n) is 6.41. The number of hydrogen-bond donors (Lipinski definition) is 2. The summed E-state index contributed by atoms with van der Waals surface area (Å²) in [7, 11) is 0. The molecule has 2 aromatic rings. The summed E-state index contributed by atoms with van der Waals surface area (Å²) in [5, 5.41) is 4.70. The Kier molecular flexibility index (Phi) is 4.18. The second-order valence-corrected chi connectivity index (χ2v) is 6.77. The average Bonchev–Trinajstić information content (AvgIpc) is 2.45. The van der Waals surface area contributed by atoms with Gasteiger partial charge in [-0.15, -0.1) is 0 Å². The summed E-state index contributed by atoms with van der Waals surface area (Å²) in [6.07, 6.45) is 2.03. The summed E-state index contributed by atoms with van der Waals surface area (Å²) in [4.78, 5) is 16.4. The van der Waals surface area contributed by atoms with E-state index < -0.39 is 0 Å². The number of rotatable bonds is 4. The Balaban J connectivity index is 2.23. The lowest BCUT2D eigenvalue weighted by Crippen LogP contribution is -2.36. The highest BCUT2D eigenvalue weighted by Crippen LogP contribution is 2.21. The molecule has 2 rings (SSSR count). The Labute approximate surface area is 123 Å². The van der Waals surface area contributed by atoms with Crippen molar-refractivity contribution in [3.8, 4) is 0 Å². The number of nitrogen functional groups attached to an aromatic ring is 1. The Bertz CT molecular complexity index is 640. The number of benzene rings is 1. The van der Waals surface area contributed by atoms with Crippen LogP contribution in [0.15, 0.2) is 30.3 Å². The number of carbonyl (C=O) groups excluding carboxylic acids is 1. The van der Waals surface area contributed by atoms with Crippen LogP contribution in [0.4, 0.5) is 5.82 Å². The van der Waals surface area contributed by atoms with E-state index in [4.69, 9.17) is 5.73 Å². The van der Waals surface area contributed by atoms with Crippen molar-refractivity contribution >= 4 is 34.3 Å². The van der Waals surface area contributed by atoms with Gasteiger partial charge in [0.15, 0.2) is 0 Å². The predicted octanol–water partition coefficient (Wildman–Crippen LogP) is 2.69. The summed E-state index contributed by atoms with van der Waals surface area (Å²) < 4.78 is -0.00193. The highest BCUT2D eigenvalue weighted by atomic mass is 32.2. The molecule has 5 heteroatoms. The first kappa shape index (κ1) is 14.7. The molecule has 0 bridgehead atoms. The number of pyridine rings is 1. The molecule has 1 aromatic carbocycles. The van der Waals surface area contributed by atoms with Gasteiger partial charge in [-0.05, 0) is 31.6 Å². The molecule has 0 fully saturated rings. The van der Waals surface area contributed by atoms with Gasteiger partial charge in [0, 0.05) is 16.7 Å². The molecule has 0 saturated heterocycles. The summed E-state index contributed by atoms with van der Waals surface area (Å²) in [5.41, 5.74) is 6.27. The molecule has 0 radical (unpaired) electrons. The third-order valence-corrected chi connectivity index (χ3v) is 4.48. The first-order chi connectivity index (χ1) is 9.43. The van der Waals surface area contributed by atoms with E-state index in [-0.39, 0.29) is 10.7 Å².